The second-order valence-corrected chi connectivity index (χ2v) is 4.70. The maximum Gasteiger partial charge on any atom is 0.200 e. The van der Waals surface area contributed by atoms with Gasteiger partial charge in [0, 0.05) is 19.1 Å². The highest BCUT2D eigenvalue weighted by molar-refractivity contribution is 5.51. The van der Waals surface area contributed by atoms with Gasteiger partial charge >= 0.3 is 0 Å². The largest absolute Gasteiger partial charge is 0.363 e. The molecule has 2 nitrogen and oxygen atoms in total. The van der Waals surface area contributed by atoms with Gasteiger partial charge in [-0.05, 0) is 26.3 Å². The first-order chi connectivity index (χ1) is 9.49. The fraction of sp³-hybridized carbons (Fsp3) is 0.538. The summed E-state index contributed by atoms with van der Waals surface area (Å²) in [7, 11) is 0. The van der Waals surface area contributed by atoms with E-state index in [-0.39, 0.29) is 12.6 Å². The molecule has 0 spiro atoms. The van der Waals surface area contributed by atoms with Crippen LogP contribution in [-0.4, -0.2) is 25.7 Å². The molecule has 1 fully saturated rings. The van der Waals surface area contributed by atoms with Gasteiger partial charge in [0.15, 0.2) is 23.3 Å². The van der Waals surface area contributed by atoms with Gasteiger partial charge in [0.2, 0.25) is 5.82 Å². The lowest BCUT2D eigenvalue weighted by Crippen LogP contribution is -2.47. The maximum absolute atomic E-state index is 13.8. The van der Waals surface area contributed by atoms with E-state index in [4.69, 9.17) is 0 Å². The molecular formula is C13H15F5N2. The summed E-state index contributed by atoms with van der Waals surface area (Å²) in [6.45, 7) is 3.01. The zero-order valence-corrected chi connectivity index (χ0v) is 10.9. The highest BCUT2D eigenvalue weighted by Crippen LogP contribution is 2.32. The number of piperidine rings is 1. The van der Waals surface area contributed by atoms with Crippen LogP contribution in [0.15, 0.2) is 0 Å². The zero-order valence-electron chi connectivity index (χ0n) is 10.9. The molecule has 1 aliphatic rings. The number of likely N-dealkylation sites (N-methyl/N-ethyl adjacent to an activating group) is 1. The number of hydrogen-bond acceptors (Lipinski definition) is 2. The number of rotatable bonds is 3. The lowest BCUT2D eigenvalue weighted by atomic mass is 10.0. The maximum atomic E-state index is 13.8. The summed E-state index contributed by atoms with van der Waals surface area (Å²) < 4.78 is 67.2. The van der Waals surface area contributed by atoms with Crippen molar-refractivity contribution in [2.45, 2.75) is 25.8 Å². The van der Waals surface area contributed by atoms with Gasteiger partial charge in [-0.15, -0.1) is 0 Å². The quantitative estimate of drug-likeness (QED) is 0.524. The van der Waals surface area contributed by atoms with Gasteiger partial charge < -0.3 is 10.2 Å². The summed E-state index contributed by atoms with van der Waals surface area (Å²) in [5.41, 5.74) is -0.836. The normalized spacial score (nSPS) is 19.2. The van der Waals surface area contributed by atoms with Crippen molar-refractivity contribution in [3.05, 3.63) is 29.1 Å². The van der Waals surface area contributed by atoms with E-state index in [9.17, 15) is 22.0 Å². The summed E-state index contributed by atoms with van der Waals surface area (Å²) in [5.74, 6) is -9.47. The Morgan fingerprint density at radius 1 is 1.00 bits per heavy atom. The molecule has 1 N–H and O–H groups in total. The molecule has 1 unspecified atom stereocenters. The van der Waals surface area contributed by atoms with Gasteiger partial charge in [-0.2, -0.15) is 0 Å². The first-order valence-electron chi connectivity index (χ1n) is 6.47. The number of nitrogens with one attached hydrogen (secondary N) is 1. The Kier molecular flexibility index (Phi) is 4.47. The van der Waals surface area contributed by atoms with Crippen molar-refractivity contribution in [2.24, 2.45) is 0 Å². The molecule has 0 saturated carbocycles. The second kappa shape index (κ2) is 5.95. The molecule has 2 rings (SSSR count). The average molecular weight is 294 g/mol. The number of nitrogens with zero attached hydrogens (tertiary/aromatic N) is 1. The number of hydrogen-bond donors (Lipinski definition) is 1. The Balaban J connectivity index is 2.48. The molecule has 0 aliphatic carbocycles. The van der Waals surface area contributed by atoms with E-state index in [1.165, 1.54) is 4.90 Å². The van der Waals surface area contributed by atoms with E-state index in [1.54, 1.807) is 6.92 Å². The van der Waals surface area contributed by atoms with Crippen LogP contribution in [0.1, 0.15) is 19.8 Å². The van der Waals surface area contributed by atoms with Gasteiger partial charge in [0.25, 0.3) is 0 Å². The minimum atomic E-state index is -2.12. The lowest BCUT2D eigenvalue weighted by Gasteiger charge is -2.36. The highest BCUT2D eigenvalue weighted by atomic mass is 19.2. The van der Waals surface area contributed by atoms with Crippen molar-refractivity contribution in [1.82, 2.24) is 5.32 Å². The van der Waals surface area contributed by atoms with Crippen LogP contribution < -0.4 is 10.2 Å². The predicted molar refractivity (Wildman–Crippen MR) is 65.1 cm³/mol. The van der Waals surface area contributed by atoms with E-state index < -0.39 is 34.8 Å². The first-order valence-corrected chi connectivity index (χ1v) is 6.47. The zero-order chi connectivity index (χ0) is 14.9. The van der Waals surface area contributed by atoms with Gasteiger partial charge in [0.1, 0.15) is 5.69 Å². The minimum Gasteiger partial charge on any atom is -0.363 e. The highest BCUT2D eigenvalue weighted by Gasteiger charge is 2.31. The van der Waals surface area contributed by atoms with E-state index in [0.29, 0.717) is 13.0 Å². The third-order valence-electron chi connectivity index (χ3n) is 3.53. The SMILES string of the molecule is CCN(c1c(F)c(F)c(F)c(F)c1F)C1CCCNC1. The van der Waals surface area contributed by atoms with E-state index >= 15 is 0 Å². The molecule has 1 atom stereocenters. The molecule has 1 aromatic carbocycles. The van der Waals surface area contributed by atoms with Gasteiger partial charge in [-0.1, -0.05) is 0 Å². The van der Waals surface area contributed by atoms with Crippen LogP contribution in [0.5, 0.6) is 0 Å². The summed E-state index contributed by atoms with van der Waals surface area (Å²) in [5, 5.41) is 3.05. The summed E-state index contributed by atoms with van der Waals surface area (Å²) >= 11 is 0. The molecule has 1 saturated heterocycles. The molecule has 112 valence electrons. The molecule has 0 amide bonds. The smallest absolute Gasteiger partial charge is 0.200 e. The number of benzene rings is 1. The van der Waals surface area contributed by atoms with E-state index in [1.807, 2.05) is 0 Å². The second-order valence-electron chi connectivity index (χ2n) is 4.70. The van der Waals surface area contributed by atoms with Gasteiger partial charge in [0.05, 0.1) is 0 Å². The van der Waals surface area contributed by atoms with Crippen LogP contribution in [0.25, 0.3) is 0 Å². The van der Waals surface area contributed by atoms with Crippen molar-refractivity contribution in [3.63, 3.8) is 0 Å². The van der Waals surface area contributed by atoms with E-state index in [0.717, 1.165) is 13.0 Å². The molecule has 1 aliphatic heterocycles. The van der Waals surface area contributed by atoms with Crippen molar-refractivity contribution < 1.29 is 22.0 Å². The Bertz CT molecular complexity index is 471. The average Bonchev–Trinajstić information content (AvgIpc) is 2.48. The summed E-state index contributed by atoms with van der Waals surface area (Å²) in [6, 6.07) is -0.290. The molecule has 20 heavy (non-hydrogen) atoms. The molecule has 1 heterocycles. The van der Waals surface area contributed by atoms with Crippen molar-refractivity contribution in [2.75, 3.05) is 24.5 Å². The standard InChI is InChI=1S/C13H15F5N2/c1-2-20(7-4-3-5-19-6-7)13-11(17)9(15)8(14)10(16)12(13)18/h7,19H,2-6H2,1H3. The molecule has 1 aromatic rings. The first kappa shape index (κ1) is 15.0. The van der Waals surface area contributed by atoms with E-state index in [2.05, 4.69) is 5.32 Å². The number of halogens is 5. The Morgan fingerprint density at radius 2 is 1.55 bits per heavy atom. The monoisotopic (exact) mass is 294 g/mol. The van der Waals surface area contributed by atoms with Crippen molar-refractivity contribution in [1.29, 1.82) is 0 Å². The van der Waals surface area contributed by atoms with Crippen LogP contribution in [0.3, 0.4) is 0 Å². The minimum absolute atomic E-state index is 0.157. The topological polar surface area (TPSA) is 15.3 Å². The predicted octanol–water partition coefficient (Wildman–Crippen LogP) is 2.96. The van der Waals surface area contributed by atoms with Gasteiger partial charge in [-0.25, -0.2) is 22.0 Å². The Labute approximate surface area is 113 Å². The molecule has 0 bridgehead atoms. The third kappa shape index (κ3) is 2.46. The number of anilines is 1. The Morgan fingerprint density at radius 3 is 2.00 bits per heavy atom. The van der Waals surface area contributed by atoms with Gasteiger partial charge in [-0.3, -0.25) is 0 Å². The van der Waals surface area contributed by atoms with Crippen LogP contribution in [0, 0.1) is 29.1 Å². The third-order valence-corrected chi connectivity index (χ3v) is 3.53. The molecule has 0 aromatic heterocycles. The fourth-order valence-electron chi connectivity index (χ4n) is 2.54. The van der Waals surface area contributed by atoms with Crippen LogP contribution in [0.4, 0.5) is 27.6 Å². The van der Waals surface area contributed by atoms with Crippen LogP contribution in [0.2, 0.25) is 0 Å². The fourth-order valence-corrected chi connectivity index (χ4v) is 2.54. The summed E-state index contributed by atoms with van der Waals surface area (Å²) in [4.78, 5) is 1.24. The summed E-state index contributed by atoms with van der Waals surface area (Å²) in [6.07, 6.45) is 1.43. The van der Waals surface area contributed by atoms with Crippen molar-refractivity contribution >= 4 is 5.69 Å². The molecule has 7 heteroatoms. The van der Waals surface area contributed by atoms with Crippen LogP contribution in [-0.2, 0) is 0 Å². The van der Waals surface area contributed by atoms with Crippen molar-refractivity contribution in [3.8, 4) is 0 Å². The Hall–Kier alpha value is -1.37. The van der Waals surface area contributed by atoms with Crippen LogP contribution >= 0.6 is 0 Å². The molecule has 0 radical (unpaired) electrons. The lowest BCUT2D eigenvalue weighted by molar-refractivity contribution is 0.369. The molecular weight excluding hydrogens is 279 g/mol.